The largest absolute Gasteiger partial charge is 0.370 e. The fourth-order valence-corrected chi connectivity index (χ4v) is 2.89. The van der Waals surface area contributed by atoms with E-state index in [2.05, 4.69) is 15.3 Å². The number of anilines is 1. The van der Waals surface area contributed by atoms with Crippen LogP contribution in [0.25, 0.3) is 0 Å². The Hall–Kier alpha value is -0.860. The molecule has 1 aromatic rings. The van der Waals surface area contributed by atoms with Crippen LogP contribution in [0.1, 0.15) is 13.3 Å². The third kappa shape index (κ3) is 5.75. The zero-order valence-electron chi connectivity index (χ0n) is 11.5. The molecule has 1 heterocycles. The SMILES string of the molecule is CCN(CCCNc1cc(SC)ncn1)S(C)(=O)=O. The fourth-order valence-electron chi connectivity index (χ4n) is 1.58. The topological polar surface area (TPSA) is 75.2 Å². The highest BCUT2D eigenvalue weighted by molar-refractivity contribution is 7.98. The molecule has 0 aliphatic carbocycles. The van der Waals surface area contributed by atoms with Crippen LogP contribution in [0, 0.1) is 0 Å². The van der Waals surface area contributed by atoms with E-state index in [1.165, 1.54) is 16.9 Å². The first kappa shape index (κ1) is 16.2. The second-order valence-corrected chi connectivity index (χ2v) is 6.79. The van der Waals surface area contributed by atoms with Gasteiger partial charge in [-0.05, 0) is 12.7 Å². The lowest BCUT2D eigenvalue weighted by Crippen LogP contribution is -2.31. The summed E-state index contributed by atoms with van der Waals surface area (Å²) >= 11 is 1.56. The second-order valence-electron chi connectivity index (χ2n) is 3.98. The Morgan fingerprint density at radius 2 is 2.16 bits per heavy atom. The molecule has 1 rings (SSSR count). The maximum Gasteiger partial charge on any atom is 0.211 e. The lowest BCUT2D eigenvalue weighted by atomic mass is 10.4. The fraction of sp³-hybridized carbons (Fsp3) is 0.636. The summed E-state index contributed by atoms with van der Waals surface area (Å²) in [5.41, 5.74) is 0. The van der Waals surface area contributed by atoms with E-state index in [0.717, 1.165) is 17.3 Å². The van der Waals surface area contributed by atoms with Crippen LogP contribution in [0.2, 0.25) is 0 Å². The van der Waals surface area contributed by atoms with E-state index in [1.54, 1.807) is 11.8 Å². The highest BCUT2D eigenvalue weighted by Gasteiger charge is 2.12. The van der Waals surface area contributed by atoms with Gasteiger partial charge in [-0.3, -0.25) is 0 Å². The van der Waals surface area contributed by atoms with Crippen molar-refractivity contribution in [2.45, 2.75) is 18.4 Å². The summed E-state index contributed by atoms with van der Waals surface area (Å²) in [5.74, 6) is 0.766. The smallest absolute Gasteiger partial charge is 0.211 e. The van der Waals surface area contributed by atoms with Gasteiger partial charge in [0.05, 0.1) is 6.26 Å². The zero-order valence-corrected chi connectivity index (χ0v) is 13.1. The number of hydrogen-bond donors (Lipinski definition) is 1. The molecule has 1 aromatic heterocycles. The van der Waals surface area contributed by atoms with Gasteiger partial charge in [-0.15, -0.1) is 11.8 Å². The van der Waals surface area contributed by atoms with Gasteiger partial charge in [0.2, 0.25) is 10.0 Å². The summed E-state index contributed by atoms with van der Waals surface area (Å²) in [6, 6.07) is 1.87. The molecular formula is C11H20N4O2S2. The molecule has 0 aromatic carbocycles. The van der Waals surface area contributed by atoms with Crippen LogP contribution in [0.15, 0.2) is 17.4 Å². The quantitative estimate of drug-likeness (QED) is 0.443. The van der Waals surface area contributed by atoms with Crippen molar-refractivity contribution in [3.05, 3.63) is 12.4 Å². The van der Waals surface area contributed by atoms with Crippen molar-refractivity contribution in [3.8, 4) is 0 Å². The molecule has 0 spiro atoms. The number of nitrogens with zero attached hydrogens (tertiary/aromatic N) is 3. The molecule has 0 unspecified atom stereocenters. The van der Waals surface area contributed by atoms with Gasteiger partial charge in [-0.25, -0.2) is 22.7 Å². The van der Waals surface area contributed by atoms with Gasteiger partial charge in [-0.2, -0.15) is 0 Å². The van der Waals surface area contributed by atoms with Crippen molar-refractivity contribution in [1.82, 2.24) is 14.3 Å². The molecule has 0 bridgehead atoms. The van der Waals surface area contributed by atoms with E-state index in [0.29, 0.717) is 19.6 Å². The Kier molecular flexibility index (Phi) is 6.53. The molecule has 0 saturated carbocycles. The summed E-state index contributed by atoms with van der Waals surface area (Å²) in [4.78, 5) is 8.19. The van der Waals surface area contributed by atoms with Crippen molar-refractivity contribution < 1.29 is 8.42 Å². The van der Waals surface area contributed by atoms with Gasteiger partial charge in [0.1, 0.15) is 17.2 Å². The van der Waals surface area contributed by atoms with Crippen molar-refractivity contribution >= 4 is 27.6 Å². The molecule has 0 fully saturated rings. The summed E-state index contributed by atoms with van der Waals surface area (Å²) in [6.07, 6.45) is 5.44. The third-order valence-electron chi connectivity index (χ3n) is 2.56. The minimum absolute atomic E-state index is 0.503. The van der Waals surface area contributed by atoms with E-state index in [1.807, 2.05) is 19.2 Å². The minimum atomic E-state index is -3.09. The minimum Gasteiger partial charge on any atom is -0.370 e. The number of sulfonamides is 1. The first-order valence-corrected chi connectivity index (χ1v) is 9.09. The van der Waals surface area contributed by atoms with Crippen LogP contribution in [0.3, 0.4) is 0 Å². The van der Waals surface area contributed by atoms with Crippen LogP contribution in [0.4, 0.5) is 5.82 Å². The van der Waals surface area contributed by atoms with E-state index in [4.69, 9.17) is 0 Å². The second kappa shape index (κ2) is 7.66. The molecule has 0 saturated heterocycles. The summed E-state index contributed by atoms with van der Waals surface area (Å²) in [6.45, 7) is 3.53. The van der Waals surface area contributed by atoms with Gasteiger partial charge in [-0.1, -0.05) is 6.92 Å². The van der Waals surface area contributed by atoms with Gasteiger partial charge in [0, 0.05) is 25.7 Å². The lowest BCUT2D eigenvalue weighted by Gasteiger charge is -2.17. The molecule has 6 nitrogen and oxygen atoms in total. The lowest BCUT2D eigenvalue weighted by molar-refractivity contribution is 0.428. The molecule has 0 aliphatic heterocycles. The van der Waals surface area contributed by atoms with Crippen LogP contribution < -0.4 is 5.32 Å². The Morgan fingerprint density at radius 3 is 2.74 bits per heavy atom. The van der Waals surface area contributed by atoms with Gasteiger partial charge >= 0.3 is 0 Å². The molecule has 0 radical (unpaired) electrons. The van der Waals surface area contributed by atoms with Crippen molar-refractivity contribution in [1.29, 1.82) is 0 Å². The predicted molar refractivity (Wildman–Crippen MR) is 79.0 cm³/mol. The van der Waals surface area contributed by atoms with Crippen LogP contribution >= 0.6 is 11.8 Å². The van der Waals surface area contributed by atoms with Gasteiger partial charge < -0.3 is 5.32 Å². The highest BCUT2D eigenvalue weighted by atomic mass is 32.2. The molecule has 19 heavy (non-hydrogen) atoms. The van der Waals surface area contributed by atoms with Gasteiger partial charge in [0.15, 0.2) is 0 Å². The average molecular weight is 304 g/mol. The summed E-state index contributed by atoms with van der Waals surface area (Å²) in [7, 11) is -3.09. The van der Waals surface area contributed by atoms with Crippen LogP contribution in [0.5, 0.6) is 0 Å². The number of aromatic nitrogens is 2. The molecule has 0 aliphatic rings. The Bertz CT molecular complexity index is 493. The van der Waals surface area contributed by atoms with Crippen molar-refractivity contribution in [2.24, 2.45) is 0 Å². The van der Waals surface area contributed by atoms with Gasteiger partial charge in [0.25, 0.3) is 0 Å². The van der Waals surface area contributed by atoms with Crippen LogP contribution in [-0.2, 0) is 10.0 Å². The monoisotopic (exact) mass is 304 g/mol. The number of nitrogens with one attached hydrogen (secondary N) is 1. The summed E-state index contributed by atoms with van der Waals surface area (Å²) < 4.78 is 24.2. The maximum absolute atomic E-state index is 11.4. The maximum atomic E-state index is 11.4. The van der Waals surface area contributed by atoms with Crippen molar-refractivity contribution in [2.75, 3.05) is 37.5 Å². The van der Waals surface area contributed by atoms with E-state index >= 15 is 0 Å². The molecule has 108 valence electrons. The third-order valence-corrected chi connectivity index (χ3v) is 4.58. The first-order chi connectivity index (χ1) is 8.97. The van der Waals surface area contributed by atoms with E-state index in [9.17, 15) is 8.42 Å². The molecule has 0 atom stereocenters. The van der Waals surface area contributed by atoms with Crippen molar-refractivity contribution in [3.63, 3.8) is 0 Å². The zero-order chi connectivity index (χ0) is 14.3. The highest BCUT2D eigenvalue weighted by Crippen LogP contribution is 2.13. The Balaban J connectivity index is 2.38. The van der Waals surface area contributed by atoms with Crippen LogP contribution in [-0.4, -0.2) is 54.8 Å². The predicted octanol–water partition coefficient (Wildman–Crippen LogP) is 1.28. The first-order valence-electron chi connectivity index (χ1n) is 6.02. The molecule has 1 N–H and O–H groups in total. The normalized spacial score (nSPS) is 11.8. The molecule has 8 heteroatoms. The Labute approximate surface area is 119 Å². The standard InChI is InChI=1S/C11H20N4O2S2/c1-4-15(19(3,16)17)7-5-6-12-10-8-11(18-2)14-9-13-10/h8-9H,4-7H2,1-3H3,(H,12,13,14). The summed E-state index contributed by atoms with van der Waals surface area (Å²) in [5, 5.41) is 4.07. The molecule has 0 amide bonds. The average Bonchev–Trinajstić information content (AvgIpc) is 2.37. The van der Waals surface area contributed by atoms with E-state index < -0.39 is 10.0 Å². The number of rotatable bonds is 8. The number of thioether (sulfide) groups is 1. The Morgan fingerprint density at radius 1 is 1.42 bits per heavy atom. The molecular weight excluding hydrogens is 284 g/mol. The number of hydrogen-bond acceptors (Lipinski definition) is 6. The van der Waals surface area contributed by atoms with E-state index in [-0.39, 0.29) is 0 Å².